The van der Waals surface area contributed by atoms with Gasteiger partial charge in [-0.25, -0.2) is 4.99 Å². The maximum Gasteiger partial charge on any atom is 0.243 e. The Morgan fingerprint density at radius 2 is 1.91 bits per heavy atom. The Hall–Kier alpha value is -1.30. The molecule has 1 amide bonds. The van der Waals surface area contributed by atoms with E-state index in [0.29, 0.717) is 6.04 Å². The predicted molar refractivity (Wildman–Crippen MR) is 88.0 cm³/mol. The molecule has 1 aliphatic carbocycles. The first-order valence-electron chi connectivity index (χ1n) is 8.52. The van der Waals surface area contributed by atoms with Crippen LogP contribution in [-0.2, 0) is 9.53 Å². The first-order chi connectivity index (χ1) is 10.6. The second kappa shape index (κ2) is 8.98. The number of carbonyl (C=O) groups excluding carboxylic acids is 1. The van der Waals surface area contributed by atoms with Crippen LogP contribution in [0.2, 0.25) is 0 Å². The minimum absolute atomic E-state index is 0.0152. The molecule has 0 bridgehead atoms. The van der Waals surface area contributed by atoms with Gasteiger partial charge in [0.15, 0.2) is 5.96 Å². The van der Waals surface area contributed by atoms with Crippen molar-refractivity contribution in [2.45, 2.75) is 57.1 Å². The van der Waals surface area contributed by atoms with E-state index in [9.17, 15) is 4.79 Å². The highest BCUT2D eigenvalue weighted by Gasteiger charge is 2.18. The summed E-state index contributed by atoms with van der Waals surface area (Å²) in [6.07, 6.45) is 8.66. The van der Waals surface area contributed by atoms with Crippen LogP contribution in [0, 0.1) is 0 Å². The van der Waals surface area contributed by atoms with Crippen LogP contribution in [0.3, 0.4) is 0 Å². The zero-order valence-electron chi connectivity index (χ0n) is 13.9. The van der Waals surface area contributed by atoms with Gasteiger partial charge < -0.3 is 20.3 Å². The van der Waals surface area contributed by atoms with Crippen LogP contribution < -0.4 is 10.6 Å². The Morgan fingerprint density at radius 1 is 1.18 bits per heavy atom. The molecule has 1 saturated heterocycles. The van der Waals surface area contributed by atoms with Gasteiger partial charge >= 0.3 is 0 Å². The van der Waals surface area contributed by atoms with Crippen molar-refractivity contribution in [3.05, 3.63) is 0 Å². The van der Waals surface area contributed by atoms with Crippen molar-refractivity contribution in [2.24, 2.45) is 4.99 Å². The molecule has 22 heavy (non-hydrogen) atoms. The number of ether oxygens (including phenoxy) is 1. The standard InChI is InChI=1S/C16H30N4O2/c1-20(2)15(21)12-18-16(19-13-7-3-4-8-13)17-11-14-9-5-6-10-22-14/h13-14H,3-12H2,1-2H3,(H2,17,18,19). The zero-order chi connectivity index (χ0) is 15.8. The van der Waals surface area contributed by atoms with Gasteiger partial charge in [-0.15, -0.1) is 0 Å². The topological polar surface area (TPSA) is 66.0 Å². The van der Waals surface area contributed by atoms with E-state index in [1.165, 1.54) is 32.1 Å². The van der Waals surface area contributed by atoms with Crippen molar-refractivity contribution in [1.29, 1.82) is 0 Å². The van der Waals surface area contributed by atoms with E-state index in [2.05, 4.69) is 15.6 Å². The lowest BCUT2D eigenvalue weighted by molar-refractivity contribution is -0.127. The number of hydrogen-bond acceptors (Lipinski definition) is 3. The average molecular weight is 310 g/mol. The molecule has 0 spiro atoms. The Morgan fingerprint density at radius 3 is 2.55 bits per heavy atom. The molecule has 0 aromatic heterocycles. The third-order valence-corrected chi connectivity index (χ3v) is 4.34. The molecule has 1 aliphatic heterocycles. The van der Waals surface area contributed by atoms with Crippen LogP contribution in [0.1, 0.15) is 44.9 Å². The van der Waals surface area contributed by atoms with E-state index in [4.69, 9.17) is 4.74 Å². The molecular formula is C16H30N4O2. The first-order valence-corrected chi connectivity index (χ1v) is 8.52. The van der Waals surface area contributed by atoms with E-state index in [1.807, 2.05) is 0 Å². The molecule has 2 fully saturated rings. The summed E-state index contributed by atoms with van der Waals surface area (Å²) in [5.74, 6) is 0.762. The summed E-state index contributed by atoms with van der Waals surface area (Å²) in [4.78, 5) is 17.7. The molecule has 1 unspecified atom stereocenters. The molecular weight excluding hydrogens is 280 g/mol. The summed E-state index contributed by atoms with van der Waals surface area (Å²) < 4.78 is 5.74. The normalized spacial score (nSPS) is 23.4. The molecule has 2 aliphatic rings. The van der Waals surface area contributed by atoms with Crippen LogP contribution in [-0.4, -0.2) is 62.7 Å². The van der Waals surface area contributed by atoms with Crippen molar-refractivity contribution in [3.63, 3.8) is 0 Å². The van der Waals surface area contributed by atoms with Gasteiger partial charge in [0, 0.05) is 33.3 Å². The van der Waals surface area contributed by atoms with E-state index < -0.39 is 0 Å². The largest absolute Gasteiger partial charge is 0.376 e. The molecule has 1 atom stereocenters. The lowest BCUT2D eigenvalue weighted by Gasteiger charge is -2.25. The van der Waals surface area contributed by atoms with Crippen LogP contribution in [0.4, 0.5) is 0 Å². The van der Waals surface area contributed by atoms with Gasteiger partial charge in [0.25, 0.3) is 0 Å². The Kier molecular flexibility index (Phi) is 6.96. The number of guanidine groups is 1. The molecule has 126 valence electrons. The number of carbonyl (C=O) groups is 1. The van der Waals surface area contributed by atoms with Crippen LogP contribution in [0.5, 0.6) is 0 Å². The maximum atomic E-state index is 11.7. The number of rotatable bonds is 5. The summed E-state index contributed by atoms with van der Waals surface area (Å²) in [5.41, 5.74) is 0. The highest BCUT2D eigenvalue weighted by atomic mass is 16.5. The van der Waals surface area contributed by atoms with Gasteiger partial charge in [-0.1, -0.05) is 12.8 Å². The second-order valence-corrected chi connectivity index (χ2v) is 6.45. The molecule has 0 radical (unpaired) electrons. The fourth-order valence-electron chi connectivity index (χ4n) is 2.88. The Labute approximate surface area is 133 Å². The lowest BCUT2D eigenvalue weighted by atomic mass is 10.1. The van der Waals surface area contributed by atoms with Gasteiger partial charge in [0.2, 0.25) is 5.91 Å². The number of likely N-dealkylation sites (N-methyl/N-ethyl adjacent to an activating group) is 1. The molecule has 2 N–H and O–H groups in total. The number of hydrogen-bond donors (Lipinski definition) is 2. The highest BCUT2D eigenvalue weighted by Crippen LogP contribution is 2.17. The molecule has 1 saturated carbocycles. The van der Waals surface area contributed by atoms with E-state index >= 15 is 0 Å². The number of nitrogens with one attached hydrogen (secondary N) is 2. The van der Waals surface area contributed by atoms with Crippen LogP contribution in [0.25, 0.3) is 0 Å². The summed E-state index contributed by atoms with van der Waals surface area (Å²) in [6, 6.07) is 0.480. The lowest BCUT2D eigenvalue weighted by Crippen LogP contribution is -2.46. The fourth-order valence-corrected chi connectivity index (χ4v) is 2.88. The van der Waals surface area contributed by atoms with Gasteiger partial charge in [0.1, 0.15) is 6.54 Å². The maximum absolute atomic E-state index is 11.7. The molecule has 1 heterocycles. The molecule has 6 nitrogen and oxygen atoms in total. The monoisotopic (exact) mass is 310 g/mol. The zero-order valence-corrected chi connectivity index (χ0v) is 13.9. The molecule has 0 aromatic rings. The number of amides is 1. The van der Waals surface area contributed by atoms with Crippen LogP contribution >= 0.6 is 0 Å². The summed E-state index contributed by atoms with van der Waals surface area (Å²) in [5, 5.41) is 6.82. The van der Waals surface area contributed by atoms with Crippen LogP contribution in [0.15, 0.2) is 4.99 Å². The average Bonchev–Trinajstić information content (AvgIpc) is 3.03. The summed E-state index contributed by atoms with van der Waals surface area (Å²) >= 11 is 0. The smallest absolute Gasteiger partial charge is 0.243 e. The number of aliphatic imine (C=N–C) groups is 1. The van der Waals surface area contributed by atoms with Gasteiger partial charge in [-0.3, -0.25) is 4.79 Å². The third kappa shape index (κ3) is 5.83. The van der Waals surface area contributed by atoms with Gasteiger partial charge in [-0.05, 0) is 32.1 Å². The van der Waals surface area contributed by atoms with E-state index in [0.717, 1.165) is 32.0 Å². The highest BCUT2D eigenvalue weighted by molar-refractivity contribution is 5.84. The Bertz CT molecular complexity index is 372. The molecule has 0 aromatic carbocycles. The van der Waals surface area contributed by atoms with E-state index in [-0.39, 0.29) is 18.6 Å². The SMILES string of the molecule is CN(C)C(=O)CN=C(NCC1CCCCO1)NC1CCCC1. The first kappa shape index (κ1) is 17.1. The quantitative estimate of drug-likeness (QED) is 0.590. The predicted octanol–water partition coefficient (Wildman–Crippen LogP) is 1.12. The minimum atomic E-state index is 0.0152. The second-order valence-electron chi connectivity index (χ2n) is 6.45. The van der Waals surface area contributed by atoms with Crippen molar-refractivity contribution >= 4 is 11.9 Å². The van der Waals surface area contributed by atoms with Crippen molar-refractivity contribution in [2.75, 3.05) is 33.8 Å². The van der Waals surface area contributed by atoms with Crippen molar-refractivity contribution in [1.82, 2.24) is 15.5 Å². The molecule has 6 heteroatoms. The van der Waals surface area contributed by atoms with Crippen molar-refractivity contribution < 1.29 is 9.53 Å². The summed E-state index contributed by atoms with van der Waals surface area (Å²) in [7, 11) is 3.51. The molecule has 2 rings (SSSR count). The summed E-state index contributed by atoms with van der Waals surface area (Å²) in [6.45, 7) is 1.79. The van der Waals surface area contributed by atoms with Gasteiger partial charge in [-0.2, -0.15) is 0 Å². The van der Waals surface area contributed by atoms with Crippen molar-refractivity contribution in [3.8, 4) is 0 Å². The fraction of sp³-hybridized carbons (Fsp3) is 0.875. The Balaban J connectivity index is 1.84. The minimum Gasteiger partial charge on any atom is -0.376 e. The number of nitrogens with zero attached hydrogens (tertiary/aromatic N) is 2. The van der Waals surface area contributed by atoms with Gasteiger partial charge in [0.05, 0.1) is 6.10 Å². The van der Waals surface area contributed by atoms with E-state index in [1.54, 1.807) is 19.0 Å². The third-order valence-electron chi connectivity index (χ3n) is 4.34.